The molecule has 0 fully saturated rings. The molecule has 0 spiro atoms. The molecule has 1 aromatic heterocycles. The lowest BCUT2D eigenvalue weighted by molar-refractivity contribution is 0.417. The van der Waals surface area contributed by atoms with Crippen molar-refractivity contribution in [2.45, 2.75) is 0 Å². The number of ether oxygens (including phenoxy) is 1. The van der Waals surface area contributed by atoms with Crippen LogP contribution in [0.25, 0.3) is 11.4 Å². The van der Waals surface area contributed by atoms with Crippen LogP contribution in [0.1, 0.15) is 0 Å². The van der Waals surface area contributed by atoms with E-state index in [0.717, 1.165) is 5.56 Å². The van der Waals surface area contributed by atoms with Gasteiger partial charge in [-0.3, -0.25) is 5.10 Å². The Kier molecular flexibility index (Phi) is 2.17. The Bertz CT molecular complexity index is 479. The van der Waals surface area contributed by atoms with Crippen LogP contribution in [0.5, 0.6) is 5.75 Å². The Labute approximate surface area is 86.3 Å². The average molecular weight is 205 g/mol. The second-order valence-electron chi connectivity index (χ2n) is 3.00. The first-order valence-electron chi connectivity index (χ1n) is 4.32. The molecule has 0 unspecified atom stereocenters. The summed E-state index contributed by atoms with van der Waals surface area (Å²) in [7, 11) is 1.56. The van der Waals surface area contributed by atoms with Crippen LogP contribution in [-0.2, 0) is 0 Å². The molecular formula is C9H11N5O. The number of anilines is 2. The van der Waals surface area contributed by atoms with Gasteiger partial charge >= 0.3 is 0 Å². The molecule has 0 aliphatic heterocycles. The molecule has 2 rings (SSSR count). The summed E-state index contributed by atoms with van der Waals surface area (Å²) in [4.78, 5) is 4.00. The molecule has 1 aromatic carbocycles. The van der Waals surface area contributed by atoms with Gasteiger partial charge in [-0.05, 0) is 18.2 Å². The zero-order chi connectivity index (χ0) is 10.8. The standard InChI is InChI=1S/C9H11N5O/c1-15-7-4-5(2-3-6(7)10)8-12-9(11)14-13-8/h2-4H,10H2,1H3,(H3,11,12,13,14). The van der Waals surface area contributed by atoms with Gasteiger partial charge < -0.3 is 16.2 Å². The molecule has 78 valence electrons. The maximum atomic E-state index is 5.69. The predicted octanol–water partition coefficient (Wildman–Crippen LogP) is 0.645. The molecule has 2 aromatic rings. The van der Waals surface area contributed by atoms with Crippen molar-refractivity contribution in [3.63, 3.8) is 0 Å². The minimum Gasteiger partial charge on any atom is -0.495 e. The maximum Gasteiger partial charge on any atom is 0.239 e. The molecule has 0 aliphatic rings. The normalized spacial score (nSPS) is 10.2. The van der Waals surface area contributed by atoms with Crippen LogP contribution in [0, 0.1) is 0 Å². The molecule has 0 amide bonds. The Morgan fingerprint density at radius 2 is 2.13 bits per heavy atom. The molecule has 5 N–H and O–H groups in total. The third kappa shape index (κ3) is 1.69. The van der Waals surface area contributed by atoms with E-state index in [9.17, 15) is 0 Å². The van der Waals surface area contributed by atoms with E-state index in [2.05, 4.69) is 15.2 Å². The summed E-state index contributed by atoms with van der Waals surface area (Å²) in [5.74, 6) is 1.40. The molecule has 0 atom stereocenters. The predicted molar refractivity (Wildman–Crippen MR) is 57.2 cm³/mol. The second kappa shape index (κ2) is 3.49. The molecule has 6 nitrogen and oxygen atoms in total. The molecule has 0 aliphatic carbocycles. The van der Waals surface area contributed by atoms with Crippen LogP contribution in [0.4, 0.5) is 11.6 Å². The van der Waals surface area contributed by atoms with Crippen molar-refractivity contribution in [3.8, 4) is 17.1 Å². The quantitative estimate of drug-likeness (QED) is 0.624. The van der Waals surface area contributed by atoms with Crippen molar-refractivity contribution < 1.29 is 4.74 Å². The number of H-pyrrole nitrogens is 1. The molecule has 0 bridgehead atoms. The first-order valence-corrected chi connectivity index (χ1v) is 4.32. The highest BCUT2D eigenvalue weighted by atomic mass is 16.5. The average Bonchev–Trinajstić information content (AvgIpc) is 2.66. The Morgan fingerprint density at radius 3 is 2.73 bits per heavy atom. The van der Waals surface area contributed by atoms with E-state index in [4.69, 9.17) is 16.2 Å². The van der Waals surface area contributed by atoms with E-state index >= 15 is 0 Å². The van der Waals surface area contributed by atoms with Crippen molar-refractivity contribution in [3.05, 3.63) is 18.2 Å². The summed E-state index contributed by atoms with van der Waals surface area (Å²) in [5.41, 5.74) is 12.5. The van der Waals surface area contributed by atoms with E-state index in [-0.39, 0.29) is 5.95 Å². The molecular weight excluding hydrogens is 194 g/mol. The van der Waals surface area contributed by atoms with Gasteiger partial charge in [0.05, 0.1) is 12.8 Å². The summed E-state index contributed by atoms with van der Waals surface area (Å²) < 4.78 is 5.10. The van der Waals surface area contributed by atoms with Crippen LogP contribution >= 0.6 is 0 Å². The summed E-state index contributed by atoms with van der Waals surface area (Å²) in [6.07, 6.45) is 0. The van der Waals surface area contributed by atoms with E-state index in [0.29, 0.717) is 17.3 Å². The van der Waals surface area contributed by atoms with Gasteiger partial charge in [0, 0.05) is 5.56 Å². The minimum atomic E-state index is 0.209. The highest BCUT2D eigenvalue weighted by Gasteiger charge is 2.06. The van der Waals surface area contributed by atoms with Crippen molar-refractivity contribution in [2.75, 3.05) is 18.6 Å². The number of methoxy groups -OCH3 is 1. The van der Waals surface area contributed by atoms with Gasteiger partial charge in [0.15, 0.2) is 5.82 Å². The smallest absolute Gasteiger partial charge is 0.239 e. The monoisotopic (exact) mass is 205 g/mol. The topological polar surface area (TPSA) is 103 Å². The van der Waals surface area contributed by atoms with Gasteiger partial charge in [0.1, 0.15) is 5.75 Å². The van der Waals surface area contributed by atoms with E-state index in [1.165, 1.54) is 0 Å². The maximum absolute atomic E-state index is 5.69. The number of hydrogen-bond acceptors (Lipinski definition) is 5. The number of nitrogen functional groups attached to an aromatic ring is 2. The lowest BCUT2D eigenvalue weighted by Gasteiger charge is -2.05. The highest BCUT2D eigenvalue weighted by molar-refractivity contribution is 5.65. The number of rotatable bonds is 2. The van der Waals surface area contributed by atoms with Crippen LogP contribution in [-0.4, -0.2) is 22.3 Å². The van der Waals surface area contributed by atoms with Gasteiger partial charge in [-0.25, -0.2) is 0 Å². The largest absolute Gasteiger partial charge is 0.495 e. The fourth-order valence-corrected chi connectivity index (χ4v) is 1.26. The molecule has 0 saturated carbocycles. The van der Waals surface area contributed by atoms with Crippen LogP contribution in [0.2, 0.25) is 0 Å². The van der Waals surface area contributed by atoms with Crippen LogP contribution < -0.4 is 16.2 Å². The zero-order valence-corrected chi connectivity index (χ0v) is 8.19. The number of benzene rings is 1. The van der Waals surface area contributed by atoms with Gasteiger partial charge in [-0.1, -0.05) is 0 Å². The second-order valence-corrected chi connectivity index (χ2v) is 3.00. The summed E-state index contributed by atoms with van der Waals surface area (Å²) in [5, 5.41) is 6.45. The van der Waals surface area contributed by atoms with Crippen molar-refractivity contribution in [2.24, 2.45) is 0 Å². The minimum absolute atomic E-state index is 0.209. The van der Waals surface area contributed by atoms with E-state index in [1.54, 1.807) is 19.2 Å². The van der Waals surface area contributed by atoms with Crippen molar-refractivity contribution in [1.29, 1.82) is 0 Å². The van der Waals surface area contributed by atoms with Gasteiger partial charge in [-0.15, -0.1) is 5.10 Å². The Morgan fingerprint density at radius 1 is 1.33 bits per heavy atom. The molecule has 0 saturated heterocycles. The zero-order valence-electron chi connectivity index (χ0n) is 8.19. The molecule has 15 heavy (non-hydrogen) atoms. The third-order valence-electron chi connectivity index (χ3n) is 2.01. The molecule has 6 heteroatoms. The number of nitrogens with one attached hydrogen (secondary N) is 1. The molecule has 0 radical (unpaired) electrons. The number of nitrogens with two attached hydrogens (primary N) is 2. The lowest BCUT2D eigenvalue weighted by atomic mass is 10.2. The van der Waals surface area contributed by atoms with Crippen molar-refractivity contribution >= 4 is 11.6 Å². The number of nitrogens with zero attached hydrogens (tertiary/aromatic N) is 2. The van der Waals surface area contributed by atoms with Gasteiger partial charge in [0.2, 0.25) is 5.95 Å². The van der Waals surface area contributed by atoms with Crippen LogP contribution in [0.15, 0.2) is 18.2 Å². The molecule has 1 heterocycles. The fraction of sp³-hybridized carbons (Fsp3) is 0.111. The van der Waals surface area contributed by atoms with Gasteiger partial charge in [0.25, 0.3) is 0 Å². The summed E-state index contributed by atoms with van der Waals surface area (Å²) >= 11 is 0. The van der Waals surface area contributed by atoms with E-state index in [1.807, 2.05) is 6.07 Å². The summed E-state index contributed by atoms with van der Waals surface area (Å²) in [6, 6.07) is 5.33. The number of aromatic nitrogens is 3. The van der Waals surface area contributed by atoms with E-state index < -0.39 is 0 Å². The highest BCUT2D eigenvalue weighted by Crippen LogP contribution is 2.26. The lowest BCUT2D eigenvalue weighted by Crippen LogP contribution is -1.93. The van der Waals surface area contributed by atoms with Gasteiger partial charge in [-0.2, -0.15) is 4.98 Å². The summed E-state index contributed by atoms with van der Waals surface area (Å²) in [6.45, 7) is 0. The van der Waals surface area contributed by atoms with Crippen molar-refractivity contribution in [1.82, 2.24) is 15.2 Å². The first kappa shape index (κ1) is 9.32. The Hall–Kier alpha value is -2.24. The number of hydrogen-bond donors (Lipinski definition) is 3. The third-order valence-corrected chi connectivity index (χ3v) is 2.01. The Balaban J connectivity index is 2.45. The fourth-order valence-electron chi connectivity index (χ4n) is 1.26. The first-order chi connectivity index (χ1) is 7.20. The SMILES string of the molecule is COc1cc(-c2nc(N)n[nH]2)ccc1N. The van der Waals surface area contributed by atoms with Crippen LogP contribution in [0.3, 0.4) is 0 Å². The number of aromatic amines is 1.